The van der Waals surface area contributed by atoms with Gasteiger partial charge >= 0.3 is 5.69 Å². The lowest BCUT2D eigenvalue weighted by Crippen LogP contribution is -2.10. The van der Waals surface area contributed by atoms with Crippen LogP contribution in [0.2, 0.25) is 10.0 Å². The highest BCUT2D eigenvalue weighted by Gasteiger charge is 2.19. The van der Waals surface area contributed by atoms with E-state index < -0.39 is 10.3 Å². The minimum atomic E-state index is -0.573. The zero-order valence-electron chi connectivity index (χ0n) is 11.2. The third-order valence-electron chi connectivity index (χ3n) is 2.70. The molecule has 0 aromatic heterocycles. The average Bonchev–Trinajstić information content (AvgIpc) is 2.38. The largest absolute Gasteiger partial charge is 0.487 e. The van der Waals surface area contributed by atoms with Crippen molar-refractivity contribution < 1.29 is 9.66 Å². The van der Waals surface area contributed by atoms with Gasteiger partial charge in [0.05, 0.1) is 33.1 Å². The van der Waals surface area contributed by atoms with E-state index >= 15 is 0 Å². The lowest BCUT2D eigenvalue weighted by atomic mass is 9.90. The van der Waals surface area contributed by atoms with Crippen LogP contribution in [0.4, 0.5) is 5.69 Å². The van der Waals surface area contributed by atoms with E-state index in [0.717, 1.165) is 0 Å². The molecule has 0 aliphatic heterocycles. The fourth-order valence-electron chi connectivity index (χ4n) is 1.53. The zero-order valence-corrected chi connectivity index (χ0v) is 12.7. The first-order valence-corrected chi connectivity index (χ1v) is 6.70. The van der Waals surface area contributed by atoms with Gasteiger partial charge in [0, 0.05) is 12.1 Å². The highest BCUT2D eigenvalue weighted by atomic mass is 35.5. The molecule has 0 saturated heterocycles. The second-order valence-electron chi connectivity index (χ2n) is 4.94. The number of nitriles is 1. The van der Waals surface area contributed by atoms with Crippen LogP contribution in [0.3, 0.4) is 0 Å². The number of rotatable bonds is 6. The molecule has 0 aliphatic rings. The molecule has 7 heteroatoms. The molecule has 108 valence electrons. The smallest absolute Gasteiger partial charge is 0.312 e. The van der Waals surface area contributed by atoms with Gasteiger partial charge in [-0.3, -0.25) is 10.1 Å². The normalized spacial score (nSPS) is 10.9. The van der Waals surface area contributed by atoms with Crippen LogP contribution in [-0.2, 0) is 0 Å². The van der Waals surface area contributed by atoms with E-state index in [1.807, 2.05) is 13.8 Å². The molecule has 0 radical (unpaired) electrons. The molecule has 0 atom stereocenters. The lowest BCUT2D eigenvalue weighted by molar-refractivity contribution is -0.385. The third-order valence-corrected chi connectivity index (χ3v) is 3.43. The van der Waals surface area contributed by atoms with Gasteiger partial charge in [-0.2, -0.15) is 5.26 Å². The highest BCUT2D eigenvalue weighted by Crippen LogP contribution is 2.35. The van der Waals surface area contributed by atoms with E-state index in [0.29, 0.717) is 12.8 Å². The van der Waals surface area contributed by atoms with Crippen molar-refractivity contribution in [2.24, 2.45) is 5.41 Å². The van der Waals surface area contributed by atoms with Gasteiger partial charge in [0.25, 0.3) is 0 Å². The summed E-state index contributed by atoms with van der Waals surface area (Å²) in [6.45, 7) is 3.92. The first-order chi connectivity index (χ1) is 9.26. The van der Waals surface area contributed by atoms with Gasteiger partial charge in [-0.05, 0) is 26.7 Å². The van der Waals surface area contributed by atoms with Crippen LogP contribution >= 0.6 is 23.2 Å². The van der Waals surface area contributed by atoms with Gasteiger partial charge in [-0.15, -0.1) is 0 Å². The first kappa shape index (κ1) is 16.5. The number of nitrogens with zero attached hydrogens (tertiary/aromatic N) is 2. The monoisotopic (exact) mass is 316 g/mol. The van der Waals surface area contributed by atoms with Crippen molar-refractivity contribution in [3.05, 3.63) is 32.3 Å². The summed E-state index contributed by atoms with van der Waals surface area (Å²) in [5, 5.41) is 20.1. The SMILES string of the molecule is CC(C)(C#N)CCCOc1cc(Cl)c(Cl)cc1[N+](=O)[O-]. The number of hydrogen-bond acceptors (Lipinski definition) is 4. The van der Waals surface area contributed by atoms with E-state index in [2.05, 4.69) is 6.07 Å². The van der Waals surface area contributed by atoms with Crippen molar-refractivity contribution in [3.63, 3.8) is 0 Å². The quantitative estimate of drug-likeness (QED) is 0.436. The minimum absolute atomic E-state index is 0.0826. The topological polar surface area (TPSA) is 76.2 Å². The Kier molecular flexibility index (Phi) is 5.61. The summed E-state index contributed by atoms with van der Waals surface area (Å²) in [6, 6.07) is 4.68. The average molecular weight is 317 g/mol. The van der Waals surface area contributed by atoms with E-state index in [-0.39, 0.29) is 28.1 Å². The Morgan fingerprint density at radius 3 is 2.55 bits per heavy atom. The molecule has 0 unspecified atom stereocenters. The highest BCUT2D eigenvalue weighted by molar-refractivity contribution is 6.42. The number of ether oxygens (including phenoxy) is 1. The summed E-state index contributed by atoms with van der Waals surface area (Å²) in [7, 11) is 0. The molecule has 0 aliphatic carbocycles. The van der Waals surface area contributed by atoms with Crippen LogP contribution in [0.25, 0.3) is 0 Å². The molecule has 1 rings (SSSR count). The van der Waals surface area contributed by atoms with E-state index in [9.17, 15) is 10.1 Å². The Morgan fingerprint density at radius 2 is 2.00 bits per heavy atom. The maximum atomic E-state index is 10.9. The van der Waals surface area contributed by atoms with Gasteiger partial charge in [0.2, 0.25) is 0 Å². The second-order valence-corrected chi connectivity index (χ2v) is 5.75. The van der Waals surface area contributed by atoms with Crippen LogP contribution in [0.5, 0.6) is 5.75 Å². The van der Waals surface area contributed by atoms with Gasteiger partial charge in [-0.1, -0.05) is 23.2 Å². The summed E-state index contributed by atoms with van der Waals surface area (Å²) in [6.07, 6.45) is 1.25. The third kappa shape index (κ3) is 4.55. The minimum Gasteiger partial charge on any atom is -0.487 e. The molecule has 0 spiro atoms. The molecule has 20 heavy (non-hydrogen) atoms. The molecule has 0 bridgehead atoms. The Hall–Kier alpha value is -1.51. The molecule has 1 aromatic rings. The lowest BCUT2D eigenvalue weighted by Gasteiger charge is -2.14. The fraction of sp³-hybridized carbons (Fsp3) is 0.462. The van der Waals surface area contributed by atoms with Crippen molar-refractivity contribution >= 4 is 28.9 Å². The molecule has 1 aromatic carbocycles. The Balaban J connectivity index is 2.71. The summed E-state index contributed by atoms with van der Waals surface area (Å²) >= 11 is 11.6. The number of halogens is 2. The van der Waals surface area contributed by atoms with Crippen LogP contribution in [-0.4, -0.2) is 11.5 Å². The van der Waals surface area contributed by atoms with Crippen molar-refractivity contribution in [1.82, 2.24) is 0 Å². The summed E-state index contributed by atoms with van der Waals surface area (Å²) in [4.78, 5) is 10.3. The van der Waals surface area contributed by atoms with Crippen molar-refractivity contribution in [2.75, 3.05) is 6.61 Å². The zero-order chi connectivity index (χ0) is 15.3. The van der Waals surface area contributed by atoms with E-state index in [1.165, 1.54) is 12.1 Å². The Labute approximate surface area is 127 Å². The van der Waals surface area contributed by atoms with E-state index in [1.54, 1.807) is 0 Å². The Bertz CT molecular complexity index is 553. The van der Waals surface area contributed by atoms with Crippen LogP contribution in [0.1, 0.15) is 26.7 Å². The van der Waals surface area contributed by atoms with Crippen molar-refractivity contribution in [2.45, 2.75) is 26.7 Å². The second kappa shape index (κ2) is 6.78. The van der Waals surface area contributed by atoms with Gasteiger partial charge < -0.3 is 4.74 Å². The first-order valence-electron chi connectivity index (χ1n) is 5.94. The molecular formula is C13H14Cl2N2O3. The van der Waals surface area contributed by atoms with Gasteiger partial charge in [0.15, 0.2) is 5.75 Å². The number of nitro groups is 1. The van der Waals surface area contributed by atoms with Crippen LogP contribution in [0, 0.1) is 26.9 Å². The molecule has 5 nitrogen and oxygen atoms in total. The summed E-state index contributed by atoms with van der Waals surface area (Å²) in [5.74, 6) is 0.0826. The Morgan fingerprint density at radius 1 is 1.40 bits per heavy atom. The molecular weight excluding hydrogens is 303 g/mol. The standard InChI is InChI=1S/C13H14Cl2N2O3/c1-13(2,8-16)4-3-5-20-12-7-10(15)9(14)6-11(12)17(18)19/h6-7H,3-5H2,1-2H3. The van der Waals surface area contributed by atoms with E-state index in [4.69, 9.17) is 33.2 Å². The predicted molar refractivity (Wildman–Crippen MR) is 77.2 cm³/mol. The molecule has 0 N–H and O–H groups in total. The van der Waals surface area contributed by atoms with Crippen molar-refractivity contribution in [3.8, 4) is 11.8 Å². The predicted octanol–water partition coefficient (Wildman–Crippen LogP) is 4.61. The number of nitro benzene ring substituents is 1. The maximum Gasteiger partial charge on any atom is 0.312 e. The van der Waals surface area contributed by atoms with Gasteiger partial charge in [-0.25, -0.2) is 0 Å². The van der Waals surface area contributed by atoms with Crippen molar-refractivity contribution in [1.29, 1.82) is 5.26 Å². The maximum absolute atomic E-state index is 10.9. The summed E-state index contributed by atoms with van der Waals surface area (Å²) < 4.78 is 5.38. The molecule has 0 saturated carbocycles. The molecule has 0 amide bonds. The number of benzene rings is 1. The molecule has 0 heterocycles. The number of hydrogen-bond donors (Lipinski definition) is 0. The fourth-order valence-corrected chi connectivity index (χ4v) is 1.84. The molecule has 0 fully saturated rings. The summed E-state index contributed by atoms with van der Waals surface area (Å²) in [5.41, 5.74) is -0.661. The van der Waals surface area contributed by atoms with Crippen LogP contribution in [0.15, 0.2) is 12.1 Å². The van der Waals surface area contributed by atoms with Crippen LogP contribution < -0.4 is 4.74 Å². The van der Waals surface area contributed by atoms with Gasteiger partial charge in [0.1, 0.15) is 0 Å².